The molecule has 1 aliphatic heterocycles. The Hall–Kier alpha value is -0.760. The van der Waals surface area contributed by atoms with Crippen LogP contribution >= 0.6 is 0 Å². The normalized spacial score (nSPS) is 18.8. The van der Waals surface area contributed by atoms with Crippen LogP contribution in [0, 0.1) is 6.92 Å². The van der Waals surface area contributed by atoms with E-state index in [1.54, 1.807) is 0 Å². The molecule has 2 nitrogen and oxygen atoms in total. The minimum Gasteiger partial charge on any atom is -0.465 e. The fourth-order valence-electron chi connectivity index (χ4n) is 1.73. The average molecular weight is 165 g/mol. The summed E-state index contributed by atoms with van der Waals surface area (Å²) in [6.45, 7) is 5.46. The lowest BCUT2D eigenvalue weighted by Gasteiger charge is -2.11. The highest BCUT2D eigenvalue weighted by atomic mass is 16.3. The molecule has 1 aliphatic rings. The second kappa shape index (κ2) is 3.31. The number of rotatable bonds is 2. The Morgan fingerprint density at radius 1 is 1.33 bits per heavy atom. The van der Waals surface area contributed by atoms with Crippen molar-refractivity contribution in [1.82, 2.24) is 4.90 Å². The summed E-state index contributed by atoms with van der Waals surface area (Å²) in [6.07, 6.45) is 2.69. The van der Waals surface area contributed by atoms with Crippen LogP contribution in [0.1, 0.15) is 24.4 Å². The van der Waals surface area contributed by atoms with Crippen LogP contribution in [0.3, 0.4) is 0 Å². The predicted octanol–water partition coefficient (Wildman–Crippen LogP) is 2.18. The van der Waals surface area contributed by atoms with Crippen molar-refractivity contribution in [3.8, 4) is 0 Å². The summed E-state index contributed by atoms with van der Waals surface area (Å²) in [5, 5.41) is 0. The first kappa shape index (κ1) is 7.87. The van der Waals surface area contributed by atoms with Crippen molar-refractivity contribution in [2.24, 2.45) is 0 Å². The lowest BCUT2D eigenvalue weighted by Crippen LogP contribution is -2.17. The van der Waals surface area contributed by atoms with Gasteiger partial charge in [0.1, 0.15) is 11.5 Å². The van der Waals surface area contributed by atoms with E-state index in [0.29, 0.717) is 0 Å². The number of aryl methyl sites for hydroxylation is 1. The topological polar surface area (TPSA) is 16.4 Å². The van der Waals surface area contributed by atoms with E-state index >= 15 is 0 Å². The Morgan fingerprint density at radius 3 is 2.67 bits per heavy atom. The zero-order valence-electron chi connectivity index (χ0n) is 7.55. The Kier molecular flexibility index (Phi) is 2.17. The zero-order valence-corrected chi connectivity index (χ0v) is 7.55. The van der Waals surface area contributed by atoms with Crippen LogP contribution in [0.15, 0.2) is 16.5 Å². The third-order valence-electron chi connectivity index (χ3n) is 2.37. The van der Waals surface area contributed by atoms with Crippen LogP contribution in [0.25, 0.3) is 0 Å². The largest absolute Gasteiger partial charge is 0.465 e. The molecule has 1 aromatic rings. The van der Waals surface area contributed by atoms with Gasteiger partial charge in [-0.15, -0.1) is 0 Å². The Labute approximate surface area is 73.2 Å². The van der Waals surface area contributed by atoms with Gasteiger partial charge in [-0.1, -0.05) is 0 Å². The molecule has 0 unspecified atom stereocenters. The van der Waals surface area contributed by atoms with Crippen LogP contribution in [0.5, 0.6) is 0 Å². The maximum Gasteiger partial charge on any atom is 0.118 e. The Morgan fingerprint density at radius 2 is 2.08 bits per heavy atom. The molecular formula is C10H15NO. The molecule has 12 heavy (non-hydrogen) atoms. The average Bonchev–Trinajstić information content (AvgIpc) is 2.63. The molecule has 1 aromatic heterocycles. The predicted molar refractivity (Wildman–Crippen MR) is 48.0 cm³/mol. The van der Waals surface area contributed by atoms with Gasteiger partial charge >= 0.3 is 0 Å². The molecule has 2 rings (SSSR count). The molecule has 0 spiro atoms. The van der Waals surface area contributed by atoms with Gasteiger partial charge in [0.25, 0.3) is 0 Å². The third kappa shape index (κ3) is 1.69. The van der Waals surface area contributed by atoms with E-state index in [-0.39, 0.29) is 0 Å². The molecule has 2 heterocycles. The van der Waals surface area contributed by atoms with Gasteiger partial charge in [-0.2, -0.15) is 0 Å². The number of likely N-dealkylation sites (tertiary alicyclic amines) is 1. The summed E-state index contributed by atoms with van der Waals surface area (Å²) in [7, 11) is 0. The first-order chi connectivity index (χ1) is 5.84. The van der Waals surface area contributed by atoms with Crippen LogP contribution in [-0.4, -0.2) is 18.0 Å². The lowest BCUT2D eigenvalue weighted by molar-refractivity contribution is 0.295. The monoisotopic (exact) mass is 165 g/mol. The molecule has 0 bridgehead atoms. The van der Waals surface area contributed by atoms with Gasteiger partial charge in [0.15, 0.2) is 0 Å². The van der Waals surface area contributed by atoms with Crippen molar-refractivity contribution < 1.29 is 4.42 Å². The van der Waals surface area contributed by atoms with Gasteiger partial charge in [0, 0.05) is 0 Å². The summed E-state index contributed by atoms with van der Waals surface area (Å²) in [5.74, 6) is 2.12. The molecule has 0 saturated carbocycles. The Bertz CT molecular complexity index is 248. The highest BCUT2D eigenvalue weighted by molar-refractivity contribution is 5.05. The fourth-order valence-corrected chi connectivity index (χ4v) is 1.73. The molecule has 0 amide bonds. The molecule has 0 N–H and O–H groups in total. The molecule has 0 radical (unpaired) electrons. The van der Waals surface area contributed by atoms with E-state index in [0.717, 1.165) is 18.1 Å². The molecule has 0 aromatic carbocycles. The van der Waals surface area contributed by atoms with Crippen LogP contribution < -0.4 is 0 Å². The van der Waals surface area contributed by atoms with Gasteiger partial charge in [0.05, 0.1) is 6.54 Å². The van der Waals surface area contributed by atoms with Gasteiger partial charge in [0.2, 0.25) is 0 Å². The summed E-state index contributed by atoms with van der Waals surface area (Å²) in [4.78, 5) is 2.44. The van der Waals surface area contributed by atoms with Crippen molar-refractivity contribution >= 4 is 0 Å². The number of nitrogens with zero attached hydrogens (tertiary/aromatic N) is 1. The summed E-state index contributed by atoms with van der Waals surface area (Å²) >= 11 is 0. The number of hydrogen-bond acceptors (Lipinski definition) is 2. The minimum atomic E-state index is 0.994. The molecule has 1 fully saturated rings. The molecular weight excluding hydrogens is 150 g/mol. The van der Waals surface area contributed by atoms with Crippen molar-refractivity contribution in [2.45, 2.75) is 26.3 Å². The van der Waals surface area contributed by atoms with Crippen molar-refractivity contribution in [3.05, 3.63) is 23.7 Å². The summed E-state index contributed by atoms with van der Waals surface area (Å²) in [6, 6.07) is 4.11. The summed E-state index contributed by atoms with van der Waals surface area (Å²) < 4.78 is 5.50. The maximum atomic E-state index is 5.50. The standard InChI is InChI=1S/C10H15NO/c1-9-4-5-10(12-9)8-11-6-2-3-7-11/h4-5H,2-3,6-8H2,1H3. The molecule has 66 valence electrons. The highest BCUT2D eigenvalue weighted by Gasteiger charge is 2.12. The smallest absolute Gasteiger partial charge is 0.118 e. The van der Waals surface area contributed by atoms with Crippen LogP contribution in [0.4, 0.5) is 0 Å². The van der Waals surface area contributed by atoms with Crippen LogP contribution in [0.2, 0.25) is 0 Å². The van der Waals surface area contributed by atoms with E-state index in [9.17, 15) is 0 Å². The van der Waals surface area contributed by atoms with E-state index in [4.69, 9.17) is 4.42 Å². The third-order valence-corrected chi connectivity index (χ3v) is 2.37. The van der Waals surface area contributed by atoms with Gasteiger partial charge in [-0.3, -0.25) is 4.90 Å². The minimum absolute atomic E-state index is 0.994. The van der Waals surface area contributed by atoms with E-state index in [1.807, 2.05) is 13.0 Å². The van der Waals surface area contributed by atoms with Crippen molar-refractivity contribution in [1.29, 1.82) is 0 Å². The van der Waals surface area contributed by atoms with E-state index in [2.05, 4.69) is 11.0 Å². The SMILES string of the molecule is Cc1ccc(CN2CCCC2)o1. The van der Waals surface area contributed by atoms with E-state index < -0.39 is 0 Å². The summed E-state index contributed by atoms with van der Waals surface area (Å²) in [5.41, 5.74) is 0. The zero-order chi connectivity index (χ0) is 8.39. The van der Waals surface area contributed by atoms with Gasteiger partial charge in [-0.25, -0.2) is 0 Å². The molecule has 2 heteroatoms. The lowest BCUT2D eigenvalue weighted by atomic mass is 10.4. The highest BCUT2D eigenvalue weighted by Crippen LogP contribution is 2.14. The second-order valence-electron chi connectivity index (χ2n) is 3.50. The maximum absolute atomic E-state index is 5.50. The molecule has 0 atom stereocenters. The van der Waals surface area contributed by atoms with Gasteiger partial charge in [-0.05, 0) is 45.0 Å². The second-order valence-corrected chi connectivity index (χ2v) is 3.50. The fraction of sp³-hybridized carbons (Fsp3) is 0.600. The Balaban J connectivity index is 1.94. The number of hydrogen-bond donors (Lipinski definition) is 0. The van der Waals surface area contributed by atoms with Crippen LogP contribution in [-0.2, 0) is 6.54 Å². The van der Waals surface area contributed by atoms with E-state index in [1.165, 1.54) is 25.9 Å². The molecule has 1 saturated heterocycles. The quantitative estimate of drug-likeness (QED) is 0.668. The van der Waals surface area contributed by atoms with Crippen molar-refractivity contribution in [3.63, 3.8) is 0 Å². The van der Waals surface area contributed by atoms with Crippen molar-refractivity contribution in [2.75, 3.05) is 13.1 Å². The first-order valence-electron chi connectivity index (χ1n) is 4.62. The van der Waals surface area contributed by atoms with Gasteiger partial charge < -0.3 is 4.42 Å². The number of furan rings is 1. The first-order valence-corrected chi connectivity index (χ1v) is 4.62. The molecule has 0 aliphatic carbocycles.